The van der Waals surface area contributed by atoms with Gasteiger partial charge in [0.25, 0.3) is 0 Å². The Kier molecular flexibility index (Phi) is 8.40. The molecule has 2 unspecified atom stereocenters. The standard InChI is InChI=1S/C24H27ClN6O6S2/c1-4-35-13-5-6-14-16(7-13)39-24(28-14)38-9-11(2)27-20-17-21(30-23(25)29-20)31(10-26-17)22-19(34)18(33)15(37-22)8-36-12(3)32/h5-7,10-11,15,18-19,22,33-34H,4,8-9H2,1-3H3,(H,27,29,30)/t11-,15-,18?,19?,22-/m1/s1. The summed E-state index contributed by atoms with van der Waals surface area (Å²) in [5.41, 5.74) is 1.67. The third-order valence-corrected chi connectivity index (χ3v) is 8.54. The lowest BCUT2D eigenvalue weighted by atomic mass is 10.1. The van der Waals surface area contributed by atoms with Crippen molar-refractivity contribution in [2.24, 2.45) is 0 Å². The minimum absolute atomic E-state index is 0.0209. The number of imidazole rings is 1. The molecule has 3 N–H and O–H groups in total. The molecule has 39 heavy (non-hydrogen) atoms. The van der Waals surface area contributed by atoms with Crippen molar-refractivity contribution in [2.75, 3.05) is 24.3 Å². The smallest absolute Gasteiger partial charge is 0.302 e. The molecule has 4 heterocycles. The maximum atomic E-state index is 11.2. The molecular formula is C24H27ClN6O6S2. The summed E-state index contributed by atoms with van der Waals surface area (Å²) < 4.78 is 19.8. The number of fused-ring (bicyclic) bond motifs is 2. The molecule has 3 aromatic heterocycles. The quantitative estimate of drug-likeness (QED) is 0.140. The lowest BCUT2D eigenvalue weighted by Gasteiger charge is -2.17. The van der Waals surface area contributed by atoms with Crippen LogP contribution in [0.25, 0.3) is 21.4 Å². The van der Waals surface area contributed by atoms with E-state index in [1.165, 1.54) is 17.8 Å². The van der Waals surface area contributed by atoms with Crippen molar-refractivity contribution in [2.45, 2.75) is 55.7 Å². The number of carbonyl (C=O) groups is 1. The van der Waals surface area contributed by atoms with Crippen LogP contribution in [0.1, 0.15) is 27.0 Å². The van der Waals surface area contributed by atoms with Crippen molar-refractivity contribution < 1.29 is 29.2 Å². The number of benzene rings is 1. The summed E-state index contributed by atoms with van der Waals surface area (Å²) in [6.07, 6.45) is -3.06. The average Bonchev–Trinajstić information content (AvgIpc) is 3.57. The van der Waals surface area contributed by atoms with Gasteiger partial charge < -0.3 is 29.7 Å². The first kappa shape index (κ1) is 27.8. The van der Waals surface area contributed by atoms with Crippen LogP contribution in [0.3, 0.4) is 0 Å². The summed E-state index contributed by atoms with van der Waals surface area (Å²) in [5, 5.41) is 24.3. The van der Waals surface area contributed by atoms with Crippen molar-refractivity contribution >= 4 is 67.9 Å². The second-order valence-corrected chi connectivity index (χ2v) is 11.5. The number of thiazole rings is 1. The molecule has 0 spiro atoms. The lowest BCUT2D eigenvalue weighted by Crippen LogP contribution is -2.34. The second kappa shape index (κ2) is 11.8. The summed E-state index contributed by atoms with van der Waals surface area (Å²) in [4.78, 5) is 28.9. The average molecular weight is 595 g/mol. The number of ether oxygens (including phenoxy) is 3. The number of hydrogen-bond donors (Lipinski definition) is 3. The molecule has 4 aromatic rings. The summed E-state index contributed by atoms with van der Waals surface area (Å²) in [6, 6.07) is 5.84. The number of hydrogen-bond acceptors (Lipinski definition) is 13. The fraction of sp³-hybridized carbons (Fsp3) is 0.458. The van der Waals surface area contributed by atoms with Gasteiger partial charge >= 0.3 is 5.97 Å². The van der Waals surface area contributed by atoms with Gasteiger partial charge in [-0.2, -0.15) is 9.97 Å². The molecule has 0 bridgehead atoms. The van der Waals surface area contributed by atoms with Gasteiger partial charge in [-0.05, 0) is 43.6 Å². The molecule has 0 saturated carbocycles. The molecule has 0 aliphatic carbocycles. The molecule has 1 aliphatic heterocycles. The molecule has 12 nitrogen and oxygen atoms in total. The number of aromatic nitrogens is 5. The normalized spacial score (nSPS) is 21.9. The zero-order chi connectivity index (χ0) is 27.7. The van der Waals surface area contributed by atoms with Gasteiger partial charge in [0.2, 0.25) is 5.28 Å². The summed E-state index contributed by atoms with van der Waals surface area (Å²) >= 11 is 9.47. The number of nitrogens with zero attached hydrogens (tertiary/aromatic N) is 5. The zero-order valence-corrected chi connectivity index (χ0v) is 23.7. The Morgan fingerprint density at radius 3 is 2.90 bits per heavy atom. The number of carbonyl (C=O) groups excluding carboxylic acids is 1. The Bertz CT molecular complexity index is 1480. The highest BCUT2D eigenvalue weighted by Gasteiger charge is 2.45. The molecular weight excluding hydrogens is 568 g/mol. The predicted molar refractivity (Wildman–Crippen MR) is 147 cm³/mol. The van der Waals surface area contributed by atoms with Crippen molar-refractivity contribution in [1.29, 1.82) is 0 Å². The van der Waals surface area contributed by atoms with Crippen LogP contribution in [0.5, 0.6) is 5.75 Å². The molecule has 1 aliphatic rings. The van der Waals surface area contributed by atoms with Crippen LogP contribution >= 0.6 is 34.7 Å². The van der Waals surface area contributed by atoms with Crippen LogP contribution in [0.15, 0.2) is 28.9 Å². The molecule has 1 saturated heterocycles. The van der Waals surface area contributed by atoms with Crippen LogP contribution in [-0.2, 0) is 14.3 Å². The Balaban J connectivity index is 1.29. The first-order chi connectivity index (χ1) is 18.7. The lowest BCUT2D eigenvalue weighted by molar-refractivity contribution is -0.147. The summed E-state index contributed by atoms with van der Waals surface area (Å²) in [7, 11) is 0. The first-order valence-electron chi connectivity index (χ1n) is 12.2. The first-order valence-corrected chi connectivity index (χ1v) is 14.4. The number of thioether (sulfide) groups is 1. The Labute approximate surface area is 236 Å². The van der Waals surface area contributed by atoms with Crippen molar-refractivity contribution in [1.82, 2.24) is 24.5 Å². The largest absolute Gasteiger partial charge is 0.494 e. The number of aliphatic hydroxyl groups is 2. The van der Waals surface area contributed by atoms with E-state index < -0.39 is 30.5 Å². The number of nitrogens with one attached hydrogen (secondary N) is 1. The number of halogens is 1. The minimum Gasteiger partial charge on any atom is -0.494 e. The molecule has 0 radical (unpaired) electrons. The number of aliphatic hydroxyl groups excluding tert-OH is 2. The van der Waals surface area contributed by atoms with Gasteiger partial charge in [0, 0.05) is 18.7 Å². The van der Waals surface area contributed by atoms with Gasteiger partial charge in [0.1, 0.15) is 30.7 Å². The SMILES string of the molecule is CCOc1ccc2nc(SC[C@@H](C)Nc3nc(Cl)nc4c3ncn4[C@@H]3O[C@H](COC(C)=O)C(O)C3O)sc2c1. The van der Waals surface area contributed by atoms with E-state index in [0.717, 1.165) is 20.3 Å². The summed E-state index contributed by atoms with van der Waals surface area (Å²) in [6.45, 7) is 5.63. The third-order valence-electron chi connectivity index (χ3n) is 5.95. The van der Waals surface area contributed by atoms with E-state index in [0.29, 0.717) is 29.3 Å². The number of esters is 1. The minimum atomic E-state index is -1.30. The Morgan fingerprint density at radius 1 is 1.31 bits per heavy atom. The second-order valence-electron chi connectivity index (χ2n) is 8.91. The molecule has 5 atom stereocenters. The monoisotopic (exact) mass is 594 g/mol. The Hall–Kier alpha value is -2.75. The zero-order valence-electron chi connectivity index (χ0n) is 21.3. The highest BCUT2D eigenvalue weighted by Crippen LogP contribution is 2.34. The van der Waals surface area contributed by atoms with Crippen LogP contribution in [0.4, 0.5) is 5.82 Å². The molecule has 1 aromatic carbocycles. The van der Waals surface area contributed by atoms with Crippen LogP contribution in [-0.4, -0.2) is 84.0 Å². The number of anilines is 1. The fourth-order valence-corrected chi connectivity index (χ4v) is 6.38. The number of rotatable bonds is 10. The van der Waals surface area contributed by atoms with E-state index in [4.69, 9.17) is 30.8 Å². The van der Waals surface area contributed by atoms with E-state index in [-0.39, 0.29) is 17.9 Å². The van der Waals surface area contributed by atoms with Crippen molar-refractivity contribution in [3.05, 3.63) is 29.8 Å². The van der Waals surface area contributed by atoms with E-state index in [1.54, 1.807) is 23.1 Å². The highest BCUT2D eigenvalue weighted by atomic mass is 35.5. The van der Waals surface area contributed by atoms with Crippen molar-refractivity contribution in [3.63, 3.8) is 0 Å². The molecule has 0 amide bonds. The van der Waals surface area contributed by atoms with E-state index in [1.807, 2.05) is 32.0 Å². The predicted octanol–water partition coefficient (Wildman–Crippen LogP) is 3.26. The third kappa shape index (κ3) is 6.05. The maximum absolute atomic E-state index is 11.2. The van der Waals surface area contributed by atoms with E-state index in [9.17, 15) is 15.0 Å². The molecule has 208 valence electrons. The van der Waals surface area contributed by atoms with Crippen LogP contribution in [0, 0.1) is 0 Å². The summed E-state index contributed by atoms with van der Waals surface area (Å²) in [5.74, 6) is 1.43. The van der Waals surface area contributed by atoms with Gasteiger partial charge in [-0.1, -0.05) is 11.8 Å². The van der Waals surface area contributed by atoms with E-state index in [2.05, 4.69) is 20.3 Å². The topological polar surface area (TPSA) is 154 Å². The van der Waals surface area contributed by atoms with Gasteiger partial charge in [0.15, 0.2) is 27.5 Å². The van der Waals surface area contributed by atoms with Gasteiger partial charge in [-0.15, -0.1) is 11.3 Å². The van der Waals surface area contributed by atoms with Crippen LogP contribution in [0.2, 0.25) is 5.28 Å². The van der Waals surface area contributed by atoms with Crippen LogP contribution < -0.4 is 10.1 Å². The van der Waals surface area contributed by atoms with E-state index >= 15 is 0 Å². The molecule has 5 rings (SSSR count). The maximum Gasteiger partial charge on any atom is 0.302 e. The van der Waals surface area contributed by atoms with Gasteiger partial charge in [-0.3, -0.25) is 9.36 Å². The molecule has 15 heteroatoms. The fourth-order valence-electron chi connectivity index (χ4n) is 4.15. The Morgan fingerprint density at radius 2 is 2.13 bits per heavy atom. The highest BCUT2D eigenvalue weighted by molar-refractivity contribution is 8.01. The van der Waals surface area contributed by atoms with Crippen molar-refractivity contribution in [3.8, 4) is 5.75 Å². The van der Waals surface area contributed by atoms with Gasteiger partial charge in [0.05, 0.1) is 23.2 Å². The van der Waals surface area contributed by atoms with Gasteiger partial charge in [-0.25, -0.2) is 9.97 Å². The molecule has 1 fully saturated rings.